The van der Waals surface area contributed by atoms with E-state index in [9.17, 15) is 0 Å². The van der Waals surface area contributed by atoms with Crippen molar-refractivity contribution in [2.75, 3.05) is 0 Å². The van der Waals surface area contributed by atoms with Gasteiger partial charge in [-0.15, -0.1) is 0 Å². The fraction of sp³-hybridized carbons (Fsp3) is 0.571. The van der Waals surface area contributed by atoms with E-state index in [0.717, 1.165) is 29.2 Å². The largest absolute Gasteiger partial charge is 0.271 e. The van der Waals surface area contributed by atoms with Crippen LogP contribution in [0.2, 0.25) is 5.02 Å². The zero-order valence-electron chi connectivity index (χ0n) is 9.90. The summed E-state index contributed by atoms with van der Waals surface area (Å²) in [6, 6.07) is 8.53. The van der Waals surface area contributed by atoms with Gasteiger partial charge in [-0.1, -0.05) is 23.7 Å². The first-order valence-corrected chi connectivity index (χ1v) is 6.84. The molecule has 2 nitrogen and oxygen atoms in total. The number of benzene rings is 1. The van der Waals surface area contributed by atoms with Crippen LogP contribution in [0.4, 0.5) is 0 Å². The SMILES string of the molecule is NNC(Cc1ccc(Cl)cc1)C1CC2CC2C1. The lowest BCUT2D eigenvalue weighted by Crippen LogP contribution is -2.42. The van der Waals surface area contributed by atoms with E-state index in [2.05, 4.69) is 17.6 Å². The Morgan fingerprint density at radius 3 is 2.41 bits per heavy atom. The topological polar surface area (TPSA) is 38.0 Å². The van der Waals surface area contributed by atoms with Crippen LogP contribution in [0.5, 0.6) is 0 Å². The van der Waals surface area contributed by atoms with E-state index in [1.54, 1.807) is 0 Å². The van der Waals surface area contributed by atoms with Crippen molar-refractivity contribution in [1.29, 1.82) is 0 Å². The molecule has 0 amide bonds. The zero-order chi connectivity index (χ0) is 11.8. The van der Waals surface area contributed by atoms with Crippen molar-refractivity contribution in [3.63, 3.8) is 0 Å². The first-order chi connectivity index (χ1) is 8.26. The van der Waals surface area contributed by atoms with Gasteiger partial charge in [-0.2, -0.15) is 0 Å². The normalized spacial score (nSPS) is 32.2. The summed E-state index contributed by atoms with van der Waals surface area (Å²) in [4.78, 5) is 0. The molecule has 2 fully saturated rings. The Balaban J connectivity index is 1.63. The summed E-state index contributed by atoms with van der Waals surface area (Å²) in [6.45, 7) is 0. The number of hydrazine groups is 1. The van der Waals surface area contributed by atoms with E-state index in [1.807, 2.05) is 12.1 Å². The third kappa shape index (κ3) is 2.49. The molecular formula is C14H19ClN2. The number of fused-ring (bicyclic) bond motifs is 1. The molecular weight excluding hydrogens is 232 g/mol. The molecule has 2 saturated carbocycles. The number of hydrogen-bond donors (Lipinski definition) is 2. The molecule has 0 aliphatic heterocycles. The summed E-state index contributed by atoms with van der Waals surface area (Å²) in [5.74, 6) is 8.51. The molecule has 3 unspecified atom stereocenters. The summed E-state index contributed by atoms with van der Waals surface area (Å²) in [6.07, 6.45) is 5.22. The zero-order valence-corrected chi connectivity index (χ0v) is 10.7. The summed E-state index contributed by atoms with van der Waals surface area (Å²) in [5.41, 5.74) is 4.33. The molecule has 1 aromatic rings. The molecule has 92 valence electrons. The average molecular weight is 251 g/mol. The summed E-state index contributed by atoms with van der Waals surface area (Å²) in [7, 11) is 0. The van der Waals surface area contributed by atoms with Crippen LogP contribution < -0.4 is 11.3 Å². The second-order valence-corrected chi connectivity index (χ2v) is 6.03. The average Bonchev–Trinajstić information content (AvgIpc) is 2.95. The highest BCUT2D eigenvalue weighted by Crippen LogP contribution is 2.55. The first-order valence-electron chi connectivity index (χ1n) is 6.47. The lowest BCUT2D eigenvalue weighted by Gasteiger charge is -2.24. The highest BCUT2D eigenvalue weighted by molar-refractivity contribution is 6.30. The fourth-order valence-electron chi connectivity index (χ4n) is 3.33. The summed E-state index contributed by atoms with van der Waals surface area (Å²) >= 11 is 5.89. The molecule has 3 atom stereocenters. The molecule has 1 aromatic carbocycles. The van der Waals surface area contributed by atoms with Gasteiger partial charge in [0.1, 0.15) is 0 Å². The molecule has 3 rings (SSSR count). The van der Waals surface area contributed by atoms with Gasteiger partial charge in [-0.05, 0) is 61.1 Å². The van der Waals surface area contributed by atoms with E-state index in [1.165, 1.54) is 24.8 Å². The molecule has 0 spiro atoms. The van der Waals surface area contributed by atoms with Gasteiger partial charge < -0.3 is 0 Å². The van der Waals surface area contributed by atoms with E-state index in [-0.39, 0.29) is 0 Å². The maximum atomic E-state index is 5.89. The van der Waals surface area contributed by atoms with Gasteiger partial charge in [0, 0.05) is 11.1 Å². The van der Waals surface area contributed by atoms with Crippen molar-refractivity contribution in [2.45, 2.75) is 31.7 Å². The lowest BCUT2D eigenvalue weighted by atomic mass is 9.90. The van der Waals surface area contributed by atoms with Crippen LogP contribution in [-0.4, -0.2) is 6.04 Å². The second-order valence-electron chi connectivity index (χ2n) is 5.59. The number of rotatable bonds is 4. The summed E-state index contributed by atoms with van der Waals surface area (Å²) < 4.78 is 0. The minimum atomic E-state index is 0.420. The predicted octanol–water partition coefficient (Wildman–Crippen LogP) is 2.76. The number of nitrogens with two attached hydrogens (primary N) is 1. The van der Waals surface area contributed by atoms with Crippen LogP contribution >= 0.6 is 11.6 Å². The van der Waals surface area contributed by atoms with Crippen LogP contribution in [0.3, 0.4) is 0 Å². The van der Waals surface area contributed by atoms with Gasteiger partial charge in [0.15, 0.2) is 0 Å². The van der Waals surface area contributed by atoms with Crippen molar-refractivity contribution in [2.24, 2.45) is 23.6 Å². The Bertz CT molecular complexity index is 380. The lowest BCUT2D eigenvalue weighted by molar-refractivity contribution is 0.336. The number of halogens is 1. The van der Waals surface area contributed by atoms with Crippen LogP contribution in [0, 0.1) is 17.8 Å². The molecule has 0 radical (unpaired) electrons. The molecule has 3 N–H and O–H groups in total. The third-order valence-electron chi connectivity index (χ3n) is 4.43. The Kier molecular flexibility index (Phi) is 3.12. The molecule has 17 heavy (non-hydrogen) atoms. The Labute approximate surface area is 108 Å². The Hall–Kier alpha value is -0.570. The Morgan fingerprint density at radius 1 is 1.18 bits per heavy atom. The first kappa shape index (κ1) is 11.5. The van der Waals surface area contributed by atoms with Gasteiger partial charge in [0.2, 0.25) is 0 Å². The molecule has 0 heterocycles. The molecule has 0 saturated heterocycles. The van der Waals surface area contributed by atoms with Crippen LogP contribution in [0.1, 0.15) is 24.8 Å². The molecule has 2 aliphatic carbocycles. The third-order valence-corrected chi connectivity index (χ3v) is 4.68. The monoisotopic (exact) mass is 250 g/mol. The standard InChI is InChI=1S/C14H19ClN2/c15-13-3-1-9(2-4-13)5-14(17-16)12-7-10-6-11(10)8-12/h1-4,10-12,14,17H,5-8,16H2. The number of hydrogen-bond acceptors (Lipinski definition) is 2. The van der Waals surface area contributed by atoms with Crippen LogP contribution in [0.15, 0.2) is 24.3 Å². The van der Waals surface area contributed by atoms with Crippen LogP contribution in [0.25, 0.3) is 0 Å². The molecule has 0 aromatic heterocycles. The van der Waals surface area contributed by atoms with Gasteiger partial charge in [-0.3, -0.25) is 11.3 Å². The van der Waals surface area contributed by atoms with Gasteiger partial charge in [0.25, 0.3) is 0 Å². The van der Waals surface area contributed by atoms with Gasteiger partial charge in [-0.25, -0.2) is 0 Å². The second kappa shape index (κ2) is 4.60. The molecule has 0 bridgehead atoms. The molecule has 3 heteroatoms. The highest BCUT2D eigenvalue weighted by Gasteiger charge is 2.47. The molecule has 2 aliphatic rings. The van der Waals surface area contributed by atoms with Crippen molar-refractivity contribution in [3.05, 3.63) is 34.9 Å². The van der Waals surface area contributed by atoms with Gasteiger partial charge in [0.05, 0.1) is 0 Å². The minimum Gasteiger partial charge on any atom is -0.271 e. The van der Waals surface area contributed by atoms with Gasteiger partial charge >= 0.3 is 0 Å². The van der Waals surface area contributed by atoms with E-state index < -0.39 is 0 Å². The van der Waals surface area contributed by atoms with E-state index >= 15 is 0 Å². The quantitative estimate of drug-likeness (QED) is 0.637. The minimum absolute atomic E-state index is 0.420. The maximum Gasteiger partial charge on any atom is 0.0406 e. The smallest absolute Gasteiger partial charge is 0.0406 e. The Morgan fingerprint density at radius 2 is 1.82 bits per heavy atom. The maximum absolute atomic E-state index is 5.89. The fourth-order valence-corrected chi connectivity index (χ4v) is 3.45. The number of nitrogens with one attached hydrogen (secondary N) is 1. The predicted molar refractivity (Wildman–Crippen MR) is 70.6 cm³/mol. The van der Waals surface area contributed by atoms with Crippen molar-refractivity contribution >= 4 is 11.6 Å². The van der Waals surface area contributed by atoms with Crippen molar-refractivity contribution < 1.29 is 0 Å². The van der Waals surface area contributed by atoms with E-state index in [0.29, 0.717) is 6.04 Å². The summed E-state index contributed by atoms with van der Waals surface area (Å²) in [5, 5.41) is 0.799. The van der Waals surface area contributed by atoms with Crippen molar-refractivity contribution in [3.8, 4) is 0 Å². The van der Waals surface area contributed by atoms with Crippen molar-refractivity contribution in [1.82, 2.24) is 5.43 Å². The van der Waals surface area contributed by atoms with Crippen LogP contribution in [-0.2, 0) is 6.42 Å². The van der Waals surface area contributed by atoms with E-state index in [4.69, 9.17) is 17.4 Å². The highest BCUT2D eigenvalue weighted by atomic mass is 35.5.